The highest BCUT2D eigenvalue weighted by atomic mass is 32.1. The SMILES string of the molecule is CCOC(=O)Nc1ccc(NC(=O)c2cc(-c3cccs3)[nH]n2)cc1. The summed E-state index contributed by atoms with van der Waals surface area (Å²) in [5.41, 5.74) is 2.28. The number of H-pyrrole nitrogens is 1. The Morgan fingerprint density at radius 1 is 1.16 bits per heavy atom. The molecule has 1 aromatic carbocycles. The lowest BCUT2D eigenvalue weighted by Crippen LogP contribution is -2.14. The van der Waals surface area contributed by atoms with Gasteiger partial charge in [0.25, 0.3) is 5.91 Å². The van der Waals surface area contributed by atoms with Crippen LogP contribution in [0.4, 0.5) is 16.2 Å². The number of rotatable bonds is 5. The fourth-order valence-electron chi connectivity index (χ4n) is 2.11. The standard InChI is InChI=1S/C17H16N4O3S/c1-2-24-17(23)19-12-7-5-11(6-8-12)18-16(22)14-10-13(20-21-14)15-4-3-9-25-15/h3-10H,2H2,1H3,(H,18,22)(H,19,23)(H,20,21). The number of carbonyl (C=O) groups is 2. The number of benzene rings is 1. The van der Waals surface area contributed by atoms with Crippen LogP contribution < -0.4 is 10.6 Å². The summed E-state index contributed by atoms with van der Waals surface area (Å²) >= 11 is 1.57. The molecule has 0 saturated carbocycles. The van der Waals surface area contributed by atoms with Crippen molar-refractivity contribution in [2.45, 2.75) is 6.92 Å². The average Bonchev–Trinajstić information content (AvgIpc) is 3.28. The van der Waals surface area contributed by atoms with Gasteiger partial charge in [0, 0.05) is 11.4 Å². The average molecular weight is 356 g/mol. The zero-order valence-electron chi connectivity index (χ0n) is 13.4. The topological polar surface area (TPSA) is 96.1 Å². The summed E-state index contributed by atoms with van der Waals surface area (Å²) in [6.07, 6.45) is -0.517. The molecule has 3 N–H and O–H groups in total. The molecule has 128 valence electrons. The van der Waals surface area contributed by atoms with Crippen molar-refractivity contribution in [2.75, 3.05) is 17.2 Å². The van der Waals surface area contributed by atoms with Gasteiger partial charge in [-0.15, -0.1) is 11.3 Å². The van der Waals surface area contributed by atoms with Crippen molar-refractivity contribution in [3.63, 3.8) is 0 Å². The molecule has 0 fully saturated rings. The van der Waals surface area contributed by atoms with Crippen molar-refractivity contribution in [1.29, 1.82) is 0 Å². The molecule has 2 heterocycles. The van der Waals surface area contributed by atoms with E-state index < -0.39 is 6.09 Å². The molecular weight excluding hydrogens is 340 g/mol. The number of nitrogens with one attached hydrogen (secondary N) is 3. The number of anilines is 2. The Balaban J connectivity index is 1.62. The molecule has 0 radical (unpaired) electrons. The van der Waals surface area contributed by atoms with Gasteiger partial charge in [0.2, 0.25) is 0 Å². The van der Waals surface area contributed by atoms with E-state index >= 15 is 0 Å². The lowest BCUT2D eigenvalue weighted by atomic mass is 10.2. The Morgan fingerprint density at radius 3 is 2.52 bits per heavy atom. The molecule has 3 rings (SSSR count). The molecular formula is C17H16N4O3S. The van der Waals surface area contributed by atoms with Crippen LogP contribution in [0.5, 0.6) is 0 Å². The van der Waals surface area contributed by atoms with Crippen LogP contribution in [-0.2, 0) is 4.74 Å². The van der Waals surface area contributed by atoms with E-state index in [0.717, 1.165) is 10.6 Å². The Kier molecular flexibility index (Phi) is 5.10. The summed E-state index contributed by atoms with van der Waals surface area (Å²) in [6, 6.07) is 12.3. The second-order valence-electron chi connectivity index (χ2n) is 5.02. The highest BCUT2D eigenvalue weighted by Crippen LogP contribution is 2.23. The first-order chi connectivity index (χ1) is 12.2. The second kappa shape index (κ2) is 7.63. The minimum absolute atomic E-state index is 0.303. The number of thiophene rings is 1. The van der Waals surface area contributed by atoms with E-state index in [2.05, 4.69) is 20.8 Å². The number of nitrogens with zero attached hydrogens (tertiary/aromatic N) is 1. The largest absolute Gasteiger partial charge is 0.450 e. The second-order valence-corrected chi connectivity index (χ2v) is 5.97. The van der Waals surface area contributed by atoms with Crippen LogP contribution >= 0.6 is 11.3 Å². The molecule has 0 saturated heterocycles. The number of amides is 2. The van der Waals surface area contributed by atoms with Crippen LogP contribution in [-0.4, -0.2) is 28.8 Å². The smallest absolute Gasteiger partial charge is 0.411 e. The van der Waals surface area contributed by atoms with Gasteiger partial charge < -0.3 is 10.1 Å². The minimum Gasteiger partial charge on any atom is -0.450 e. The minimum atomic E-state index is -0.517. The molecule has 0 unspecified atom stereocenters. The van der Waals surface area contributed by atoms with Gasteiger partial charge in [-0.05, 0) is 48.7 Å². The van der Waals surface area contributed by atoms with Gasteiger partial charge in [-0.1, -0.05) is 6.07 Å². The summed E-state index contributed by atoms with van der Waals surface area (Å²) in [5.74, 6) is -0.315. The lowest BCUT2D eigenvalue weighted by molar-refractivity contribution is 0.102. The van der Waals surface area contributed by atoms with Crippen molar-refractivity contribution in [3.8, 4) is 10.6 Å². The van der Waals surface area contributed by atoms with Crippen LogP contribution in [0.2, 0.25) is 0 Å². The summed E-state index contributed by atoms with van der Waals surface area (Å²) in [7, 11) is 0. The molecule has 2 amide bonds. The number of hydrogen-bond donors (Lipinski definition) is 3. The molecule has 25 heavy (non-hydrogen) atoms. The van der Waals surface area contributed by atoms with Gasteiger partial charge in [-0.2, -0.15) is 5.10 Å². The normalized spacial score (nSPS) is 10.3. The fraction of sp³-hybridized carbons (Fsp3) is 0.118. The molecule has 0 aliphatic carbocycles. The van der Waals surface area contributed by atoms with Crippen LogP contribution in [0.1, 0.15) is 17.4 Å². The summed E-state index contributed by atoms with van der Waals surface area (Å²) in [5, 5.41) is 14.2. The van der Waals surface area contributed by atoms with Crippen molar-refractivity contribution >= 4 is 34.7 Å². The van der Waals surface area contributed by atoms with Crippen LogP contribution in [0.25, 0.3) is 10.6 Å². The van der Waals surface area contributed by atoms with Gasteiger partial charge in [0.15, 0.2) is 5.69 Å². The third-order valence-corrected chi connectivity index (χ3v) is 4.16. The first-order valence-electron chi connectivity index (χ1n) is 7.60. The third kappa shape index (κ3) is 4.24. The van der Waals surface area contributed by atoms with Gasteiger partial charge in [-0.3, -0.25) is 15.2 Å². The number of aromatic nitrogens is 2. The zero-order valence-corrected chi connectivity index (χ0v) is 14.2. The molecule has 0 atom stereocenters. The number of ether oxygens (including phenoxy) is 1. The molecule has 3 aromatic rings. The predicted molar refractivity (Wildman–Crippen MR) is 96.9 cm³/mol. The molecule has 0 bridgehead atoms. The number of carbonyl (C=O) groups excluding carboxylic acids is 2. The van der Waals surface area contributed by atoms with Gasteiger partial charge in [0.1, 0.15) is 0 Å². The van der Waals surface area contributed by atoms with Crippen molar-refractivity contribution in [3.05, 3.63) is 53.5 Å². The Hall–Kier alpha value is -3.13. The highest BCUT2D eigenvalue weighted by molar-refractivity contribution is 7.13. The maximum Gasteiger partial charge on any atom is 0.411 e. The zero-order chi connectivity index (χ0) is 17.6. The van der Waals surface area contributed by atoms with E-state index in [9.17, 15) is 9.59 Å². The maximum atomic E-state index is 12.3. The lowest BCUT2D eigenvalue weighted by Gasteiger charge is -2.07. The molecule has 7 nitrogen and oxygen atoms in total. The number of aromatic amines is 1. The van der Waals surface area contributed by atoms with Crippen molar-refractivity contribution in [1.82, 2.24) is 10.2 Å². The van der Waals surface area contributed by atoms with Crippen LogP contribution in [0, 0.1) is 0 Å². The van der Waals surface area contributed by atoms with Crippen LogP contribution in [0.15, 0.2) is 47.8 Å². The van der Waals surface area contributed by atoms with E-state index in [1.165, 1.54) is 0 Å². The molecule has 0 spiro atoms. The summed E-state index contributed by atoms with van der Waals surface area (Å²) in [6.45, 7) is 2.04. The van der Waals surface area contributed by atoms with E-state index in [-0.39, 0.29) is 5.91 Å². The highest BCUT2D eigenvalue weighted by Gasteiger charge is 2.12. The fourth-order valence-corrected chi connectivity index (χ4v) is 2.81. The quantitative estimate of drug-likeness (QED) is 0.645. The van der Waals surface area contributed by atoms with E-state index in [1.54, 1.807) is 48.6 Å². The third-order valence-electron chi connectivity index (χ3n) is 3.26. The Labute approximate surface area is 148 Å². The summed E-state index contributed by atoms with van der Waals surface area (Å²) in [4.78, 5) is 24.6. The first-order valence-corrected chi connectivity index (χ1v) is 8.48. The van der Waals surface area contributed by atoms with Crippen molar-refractivity contribution in [2.24, 2.45) is 0 Å². The van der Waals surface area contributed by atoms with Crippen molar-refractivity contribution < 1.29 is 14.3 Å². The van der Waals surface area contributed by atoms with Crippen LogP contribution in [0.3, 0.4) is 0 Å². The molecule has 0 aliphatic rings. The van der Waals surface area contributed by atoms with Gasteiger partial charge in [0.05, 0.1) is 17.2 Å². The van der Waals surface area contributed by atoms with E-state index in [4.69, 9.17) is 4.74 Å². The predicted octanol–water partition coefficient (Wildman–Crippen LogP) is 3.96. The maximum absolute atomic E-state index is 12.3. The Morgan fingerprint density at radius 2 is 1.88 bits per heavy atom. The van der Waals surface area contributed by atoms with E-state index in [0.29, 0.717) is 23.7 Å². The monoisotopic (exact) mass is 356 g/mol. The molecule has 2 aromatic heterocycles. The van der Waals surface area contributed by atoms with E-state index in [1.807, 2.05) is 17.5 Å². The first kappa shape index (κ1) is 16.7. The molecule has 8 heteroatoms. The summed E-state index contributed by atoms with van der Waals surface area (Å²) < 4.78 is 4.80. The number of hydrogen-bond acceptors (Lipinski definition) is 5. The molecule has 0 aliphatic heterocycles. The Bertz CT molecular complexity index is 856. The van der Waals surface area contributed by atoms with Gasteiger partial charge >= 0.3 is 6.09 Å². The van der Waals surface area contributed by atoms with Gasteiger partial charge in [-0.25, -0.2) is 4.79 Å².